The second kappa shape index (κ2) is 13.2. The monoisotopic (exact) mass is 332 g/mol. The van der Waals surface area contributed by atoms with Gasteiger partial charge in [0.05, 0.1) is 12.2 Å². The Balaban J connectivity index is 1.78. The molecule has 0 aliphatic rings. The molecular formula is C22H36O2. The zero-order chi connectivity index (χ0) is 17.5. The lowest BCUT2D eigenvalue weighted by Crippen LogP contribution is -2.19. The van der Waals surface area contributed by atoms with Gasteiger partial charge >= 0.3 is 0 Å². The van der Waals surface area contributed by atoms with Gasteiger partial charge in [0.2, 0.25) is 0 Å². The summed E-state index contributed by atoms with van der Waals surface area (Å²) in [6, 6.07) is 10.4. The summed E-state index contributed by atoms with van der Waals surface area (Å²) in [5, 5.41) is 9.82. The number of rotatable bonds is 15. The van der Waals surface area contributed by atoms with E-state index in [4.69, 9.17) is 4.74 Å². The van der Waals surface area contributed by atoms with Gasteiger partial charge in [0, 0.05) is 6.61 Å². The summed E-state index contributed by atoms with van der Waals surface area (Å²) in [5.74, 6) is 0. The molecule has 1 N–H and O–H groups in total. The molecule has 24 heavy (non-hydrogen) atoms. The number of benzene rings is 1. The van der Waals surface area contributed by atoms with Crippen LogP contribution in [0, 0.1) is 0 Å². The Morgan fingerprint density at radius 1 is 0.917 bits per heavy atom. The lowest BCUT2D eigenvalue weighted by atomic mass is 9.98. The van der Waals surface area contributed by atoms with E-state index in [9.17, 15) is 5.11 Å². The van der Waals surface area contributed by atoms with Crippen molar-refractivity contribution in [3.05, 3.63) is 48.6 Å². The van der Waals surface area contributed by atoms with Gasteiger partial charge in [-0.05, 0) is 25.3 Å². The maximum Gasteiger partial charge on any atom is 0.0797 e. The zero-order valence-corrected chi connectivity index (χ0v) is 15.5. The van der Waals surface area contributed by atoms with Crippen molar-refractivity contribution >= 4 is 0 Å². The Kier molecular flexibility index (Phi) is 11.5. The quantitative estimate of drug-likeness (QED) is 0.313. The van der Waals surface area contributed by atoms with Gasteiger partial charge < -0.3 is 9.84 Å². The van der Waals surface area contributed by atoms with Crippen molar-refractivity contribution in [2.45, 2.75) is 83.3 Å². The van der Waals surface area contributed by atoms with Crippen LogP contribution in [0.4, 0.5) is 0 Å². The summed E-state index contributed by atoms with van der Waals surface area (Å²) in [6.45, 7) is 7.11. The molecule has 0 bridgehead atoms. The first-order chi connectivity index (χ1) is 11.6. The Morgan fingerprint density at radius 2 is 1.46 bits per heavy atom. The van der Waals surface area contributed by atoms with E-state index in [2.05, 4.69) is 30.8 Å². The van der Waals surface area contributed by atoms with E-state index < -0.39 is 5.60 Å². The SMILES string of the molecule is C=CC(C)(O)CCCCCCCCCCCOCc1ccccc1. The van der Waals surface area contributed by atoms with Crippen molar-refractivity contribution in [3.63, 3.8) is 0 Å². The predicted molar refractivity (Wildman–Crippen MR) is 103 cm³/mol. The van der Waals surface area contributed by atoms with Crippen LogP contribution in [-0.2, 0) is 11.3 Å². The molecule has 0 spiro atoms. The first-order valence-corrected chi connectivity index (χ1v) is 9.62. The summed E-state index contributed by atoms with van der Waals surface area (Å²) in [5.41, 5.74) is 0.579. The number of hydrogen-bond acceptors (Lipinski definition) is 2. The third-order valence-electron chi connectivity index (χ3n) is 4.52. The van der Waals surface area contributed by atoms with Crippen molar-refractivity contribution in [1.29, 1.82) is 0 Å². The smallest absolute Gasteiger partial charge is 0.0797 e. The summed E-state index contributed by atoms with van der Waals surface area (Å²) in [7, 11) is 0. The van der Waals surface area contributed by atoms with Crippen LogP contribution in [0.5, 0.6) is 0 Å². The zero-order valence-electron chi connectivity index (χ0n) is 15.5. The Morgan fingerprint density at radius 3 is 2.04 bits per heavy atom. The van der Waals surface area contributed by atoms with Crippen LogP contribution in [-0.4, -0.2) is 17.3 Å². The van der Waals surface area contributed by atoms with Crippen molar-refractivity contribution < 1.29 is 9.84 Å². The van der Waals surface area contributed by atoms with Crippen molar-refractivity contribution in [1.82, 2.24) is 0 Å². The molecular weight excluding hydrogens is 296 g/mol. The second-order valence-corrected chi connectivity index (χ2v) is 7.03. The Hall–Kier alpha value is -1.12. The largest absolute Gasteiger partial charge is 0.386 e. The number of hydrogen-bond donors (Lipinski definition) is 1. The molecule has 2 heteroatoms. The van der Waals surface area contributed by atoms with Gasteiger partial charge in [0.15, 0.2) is 0 Å². The molecule has 0 aromatic heterocycles. The Bertz CT molecular complexity index is 411. The minimum Gasteiger partial charge on any atom is -0.386 e. The molecule has 1 aromatic carbocycles. The lowest BCUT2D eigenvalue weighted by Gasteiger charge is -2.17. The van der Waals surface area contributed by atoms with E-state index in [0.29, 0.717) is 0 Å². The fraction of sp³-hybridized carbons (Fsp3) is 0.636. The first kappa shape index (κ1) is 20.9. The molecule has 0 fully saturated rings. The molecule has 0 saturated carbocycles. The van der Waals surface area contributed by atoms with E-state index in [0.717, 1.165) is 26.1 Å². The topological polar surface area (TPSA) is 29.5 Å². The molecule has 1 aromatic rings. The third-order valence-corrected chi connectivity index (χ3v) is 4.52. The molecule has 1 rings (SSSR count). The fourth-order valence-corrected chi connectivity index (χ4v) is 2.79. The lowest BCUT2D eigenvalue weighted by molar-refractivity contribution is 0.0988. The van der Waals surface area contributed by atoms with Gasteiger partial charge in [-0.1, -0.05) is 87.8 Å². The molecule has 2 nitrogen and oxygen atoms in total. The van der Waals surface area contributed by atoms with Crippen molar-refractivity contribution in [2.75, 3.05) is 6.61 Å². The Labute approximate surface area is 148 Å². The van der Waals surface area contributed by atoms with Crippen LogP contribution in [0.1, 0.15) is 76.7 Å². The normalized spacial score (nSPS) is 13.6. The molecule has 0 radical (unpaired) electrons. The van der Waals surface area contributed by atoms with Gasteiger partial charge in [-0.2, -0.15) is 0 Å². The van der Waals surface area contributed by atoms with Crippen LogP contribution in [0.2, 0.25) is 0 Å². The molecule has 0 aliphatic carbocycles. The van der Waals surface area contributed by atoms with E-state index in [1.165, 1.54) is 56.9 Å². The molecule has 0 amide bonds. The van der Waals surface area contributed by atoms with Crippen molar-refractivity contribution in [3.8, 4) is 0 Å². The van der Waals surface area contributed by atoms with E-state index in [-0.39, 0.29) is 0 Å². The maximum atomic E-state index is 9.82. The fourth-order valence-electron chi connectivity index (χ4n) is 2.79. The van der Waals surface area contributed by atoms with Crippen LogP contribution in [0.15, 0.2) is 43.0 Å². The molecule has 0 aliphatic heterocycles. The highest BCUT2D eigenvalue weighted by molar-refractivity contribution is 5.13. The van der Waals surface area contributed by atoms with Gasteiger partial charge in [0.25, 0.3) is 0 Å². The third kappa shape index (κ3) is 11.4. The van der Waals surface area contributed by atoms with E-state index in [1.807, 2.05) is 13.0 Å². The number of unbranched alkanes of at least 4 members (excludes halogenated alkanes) is 8. The van der Waals surface area contributed by atoms with Crippen LogP contribution < -0.4 is 0 Å². The van der Waals surface area contributed by atoms with Gasteiger partial charge in [0.1, 0.15) is 0 Å². The van der Waals surface area contributed by atoms with Gasteiger partial charge in [-0.15, -0.1) is 6.58 Å². The highest BCUT2D eigenvalue weighted by Gasteiger charge is 2.13. The number of aliphatic hydroxyl groups is 1. The van der Waals surface area contributed by atoms with Crippen molar-refractivity contribution in [2.24, 2.45) is 0 Å². The second-order valence-electron chi connectivity index (χ2n) is 7.03. The summed E-state index contributed by atoms with van der Waals surface area (Å²) in [6.07, 6.45) is 13.8. The molecule has 1 unspecified atom stereocenters. The summed E-state index contributed by atoms with van der Waals surface area (Å²) < 4.78 is 5.70. The predicted octanol–water partition coefficient (Wildman–Crippen LogP) is 6.04. The average molecular weight is 333 g/mol. The average Bonchev–Trinajstić information content (AvgIpc) is 2.60. The number of ether oxygens (including phenoxy) is 1. The molecule has 1 atom stereocenters. The van der Waals surface area contributed by atoms with Crippen LogP contribution in [0.25, 0.3) is 0 Å². The highest BCUT2D eigenvalue weighted by atomic mass is 16.5. The summed E-state index contributed by atoms with van der Waals surface area (Å²) >= 11 is 0. The molecule has 136 valence electrons. The van der Waals surface area contributed by atoms with Crippen LogP contribution in [0.3, 0.4) is 0 Å². The summed E-state index contributed by atoms with van der Waals surface area (Å²) in [4.78, 5) is 0. The van der Waals surface area contributed by atoms with E-state index in [1.54, 1.807) is 6.08 Å². The first-order valence-electron chi connectivity index (χ1n) is 9.62. The highest BCUT2D eigenvalue weighted by Crippen LogP contribution is 2.17. The molecule has 0 heterocycles. The van der Waals surface area contributed by atoms with Gasteiger partial charge in [-0.3, -0.25) is 0 Å². The van der Waals surface area contributed by atoms with Gasteiger partial charge in [-0.25, -0.2) is 0 Å². The van der Waals surface area contributed by atoms with Crippen LogP contribution >= 0.6 is 0 Å². The molecule has 0 saturated heterocycles. The maximum absolute atomic E-state index is 9.82. The standard InChI is InChI=1S/C22H36O2/c1-3-22(2,23)18-14-9-7-5-4-6-8-10-15-19-24-20-21-16-12-11-13-17-21/h3,11-13,16-17,23H,1,4-10,14-15,18-20H2,2H3. The van der Waals surface area contributed by atoms with E-state index >= 15 is 0 Å². The minimum atomic E-state index is -0.678. The minimum absolute atomic E-state index is 0.678.